The summed E-state index contributed by atoms with van der Waals surface area (Å²) in [6, 6.07) is 10.1. The van der Waals surface area contributed by atoms with Crippen molar-refractivity contribution in [1.82, 2.24) is 4.98 Å². The molecule has 9 heteroatoms. The van der Waals surface area contributed by atoms with Gasteiger partial charge in [0.1, 0.15) is 11.4 Å². The molecule has 1 heterocycles. The Kier molecular flexibility index (Phi) is 6.68. The number of rotatable bonds is 4. The first-order valence-electron chi connectivity index (χ1n) is 9.59. The van der Waals surface area contributed by atoms with Crippen LogP contribution in [0.5, 0.6) is 5.75 Å². The number of nitrogens with zero attached hydrogens (tertiary/aromatic N) is 1. The lowest BCUT2D eigenvalue weighted by atomic mass is 9.97. The third-order valence-corrected chi connectivity index (χ3v) is 4.50. The number of benzene rings is 2. The van der Waals surface area contributed by atoms with Crippen LogP contribution in [0, 0.1) is 11.8 Å². The first-order valence-corrected chi connectivity index (χ1v) is 9.59. The van der Waals surface area contributed by atoms with Crippen molar-refractivity contribution in [2.24, 2.45) is 5.73 Å². The van der Waals surface area contributed by atoms with E-state index < -0.39 is 29.4 Å². The number of carbonyl (C=O) groups is 2. The molecule has 1 aromatic heterocycles. The number of phenols is 1. The quantitative estimate of drug-likeness (QED) is 0.456. The van der Waals surface area contributed by atoms with E-state index in [0.29, 0.717) is 22.8 Å². The molecule has 0 fully saturated rings. The monoisotopic (exact) mass is 454 g/mol. The third-order valence-electron chi connectivity index (χ3n) is 4.50. The number of ether oxygens (including phenoxy) is 1. The number of amides is 1. The Morgan fingerprint density at radius 1 is 1.06 bits per heavy atom. The Morgan fingerprint density at radius 2 is 1.76 bits per heavy atom. The lowest BCUT2D eigenvalue weighted by Crippen LogP contribution is -2.12. The van der Waals surface area contributed by atoms with Crippen molar-refractivity contribution in [3.63, 3.8) is 0 Å². The number of aromatic nitrogens is 1. The second kappa shape index (κ2) is 9.44. The average molecular weight is 454 g/mol. The number of primary amides is 1. The van der Waals surface area contributed by atoms with Crippen molar-refractivity contribution in [3.8, 4) is 28.7 Å². The zero-order chi connectivity index (χ0) is 24.2. The number of aromatic hydroxyl groups is 1. The molecule has 2 aromatic carbocycles. The summed E-state index contributed by atoms with van der Waals surface area (Å²) < 4.78 is 45.0. The summed E-state index contributed by atoms with van der Waals surface area (Å²) in [4.78, 5) is 27.4. The van der Waals surface area contributed by atoms with Gasteiger partial charge in [-0.1, -0.05) is 17.9 Å². The van der Waals surface area contributed by atoms with Gasteiger partial charge in [0.25, 0.3) is 5.91 Å². The largest absolute Gasteiger partial charge is 0.508 e. The predicted molar refractivity (Wildman–Crippen MR) is 113 cm³/mol. The zero-order valence-electron chi connectivity index (χ0n) is 17.2. The second-order valence-corrected chi connectivity index (χ2v) is 6.75. The van der Waals surface area contributed by atoms with E-state index in [1.54, 1.807) is 6.92 Å². The van der Waals surface area contributed by atoms with Gasteiger partial charge in [0.2, 0.25) is 0 Å². The van der Waals surface area contributed by atoms with Gasteiger partial charge in [-0.2, -0.15) is 13.2 Å². The van der Waals surface area contributed by atoms with E-state index in [1.807, 2.05) is 0 Å². The number of pyridine rings is 1. The standard InChI is InChI=1S/C24H17F3N2O4/c1-2-33-23(32)16-6-4-14(19(11-16)17-8-10-21(22(28)31)29-13-17)3-5-15-7-9-18(30)12-20(15)24(25,26)27/h4,6-13,30H,2H2,1H3,(H2,28,31). The Morgan fingerprint density at radius 3 is 2.36 bits per heavy atom. The number of hydrogen-bond donors (Lipinski definition) is 2. The molecule has 0 unspecified atom stereocenters. The van der Waals surface area contributed by atoms with Crippen molar-refractivity contribution in [2.75, 3.05) is 6.61 Å². The number of alkyl halides is 3. The molecule has 168 valence electrons. The molecule has 3 N–H and O–H groups in total. The van der Waals surface area contributed by atoms with Crippen LogP contribution in [0.15, 0.2) is 54.7 Å². The van der Waals surface area contributed by atoms with Gasteiger partial charge in [-0.05, 0) is 55.0 Å². The zero-order valence-corrected chi connectivity index (χ0v) is 17.2. The molecule has 0 radical (unpaired) electrons. The van der Waals surface area contributed by atoms with Crippen LogP contribution in [0.1, 0.15) is 44.5 Å². The molecule has 3 aromatic rings. The van der Waals surface area contributed by atoms with Crippen LogP contribution in [0.25, 0.3) is 11.1 Å². The van der Waals surface area contributed by atoms with E-state index in [4.69, 9.17) is 10.5 Å². The summed E-state index contributed by atoms with van der Waals surface area (Å²) >= 11 is 0. The van der Waals surface area contributed by atoms with Crippen LogP contribution < -0.4 is 5.73 Å². The second-order valence-electron chi connectivity index (χ2n) is 6.75. The molecule has 0 saturated carbocycles. The van der Waals surface area contributed by atoms with E-state index in [2.05, 4.69) is 16.8 Å². The summed E-state index contributed by atoms with van der Waals surface area (Å²) in [6.45, 7) is 1.81. The summed E-state index contributed by atoms with van der Waals surface area (Å²) in [5.41, 5.74) is 5.18. The first kappa shape index (κ1) is 23.3. The van der Waals surface area contributed by atoms with Crippen molar-refractivity contribution in [1.29, 1.82) is 0 Å². The fourth-order valence-corrected chi connectivity index (χ4v) is 2.94. The van der Waals surface area contributed by atoms with Crippen LogP contribution in [-0.2, 0) is 10.9 Å². The molecule has 0 bridgehead atoms. The summed E-state index contributed by atoms with van der Waals surface area (Å²) in [5, 5.41) is 9.43. The molecule has 1 amide bonds. The Labute approximate surface area is 186 Å². The molecule has 33 heavy (non-hydrogen) atoms. The van der Waals surface area contributed by atoms with Crippen molar-refractivity contribution < 1.29 is 32.6 Å². The Balaban J connectivity index is 2.14. The van der Waals surface area contributed by atoms with Gasteiger partial charge in [-0.25, -0.2) is 4.79 Å². The summed E-state index contributed by atoms with van der Waals surface area (Å²) in [6.07, 6.45) is -3.37. The molecule has 0 atom stereocenters. The van der Waals surface area contributed by atoms with Crippen LogP contribution in [0.4, 0.5) is 13.2 Å². The van der Waals surface area contributed by atoms with Crippen LogP contribution in [0.3, 0.4) is 0 Å². The fourth-order valence-electron chi connectivity index (χ4n) is 2.94. The SMILES string of the molecule is CCOC(=O)c1ccc(C#Cc2ccc(O)cc2C(F)(F)F)c(-c2ccc(C(N)=O)nc2)c1. The lowest BCUT2D eigenvalue weighted by Gasteiger charge is -2.10. The normalized spacial score (nSPS) is 10.8. The van der Waals surface area contributed by atoms with Crippen molar-refractivity contribution in [2.45, 2.75) is 13.1 Å². The minimum Gasteiger partial charge on any atom is -0.508 e. The van der Waals surface area contributed by atoms with Gasteiger partial charge in [0.15, 0.2) is 0 Å². The van der Waals surface area contributed by atoms with E-state index in [9.17, 15) is 27.9 Å². The van der Waals surface area contributed by atoms with Crippen LogP contribution >= 0.6 is 0 Å². The highest BCUT2D eigenvalue weighted by molar-refractivity contribution is 5.93. The van der Waals surface area contributed by atoms with Crippen molar-refractivity contribution in [3.05, 3.63) is 82.7 Å². The van der Waals surface area contributed by atoms with E-state index in [1.165, 1.54) is 36.5 Å². The Hall–Kier alpha value is -4.32. The fraction of sp³-hybridized carbons (Fsp3) is 0.125. The molecule has 3 rings (SSSR count). The number of carbonyl (C=O) groups excluding carboxylic acids is 2. The van der Waals surface area contributed by atoms with Gasteiger partial charge in [-0.3, -0.25) is 9.78 Å². The molecular formula is C24H17F3N2O4. The average Bonchev–Trinajstić information content (AvgIpc) is 2.77. The molecule has 0 aliphatic carbocycles. The summed E-state index contributed by atoms with van der Waals surface area (Å²) in [7, 11) is 0. The lowest BCUT2D eigenvalue weighted by molar-refractivity contribution is -0.137. The minimum absolute atomic E-state index is 0.0202. The molecule has 0 aliphatic heterocycles. The smallest absolute Gasteiger partial charge is 0.417 e. The molecular weight excluding hydrogens is 437 g/mol. The van der Waals surface area contributed by atoms with Gasteiger partial charge in [0.05, 0.1) is 17.7 Å². The molecule has 0 saturated heterocycles. The first-order chi connectivity index (χ1) is 15.6. The van der Waals surface area contributed by atoms with Crippen molar-refractivity contribution >= 4 is 11.9 Å². The maximum Gasteiger partial charge on any atom is 0.417 e. The van der Waals surface area contributed by atoms with Crippen LogP contribution in [0.2, 0.25) is 0 Å². The number of esters is 1. The van der Waals surface area contributed by atoms with E-state index in [0.717, 1.165) is 12.1 Å². The van der Waals surface area contributed by atoms with E-state index in [-0.39, 0.29) is 23.4 Å². The highest BCUT2D eigenvalue weighted by Crippen LogP contribution is 2.34. The van der Waals surface area contributed by atoms with Gasteiger partial charge < -0.3 is 15.6 Å². The van der Waals surface area contributed by atoms with Gasteiger partial charge in [0, 0.05) is 22.9 Å². The Bertz CT molecular complexity index is 1270. The van der Waals surface area contributed by atoms with E-state index >= 15 is 0 Å². The number of halogens is 3. The molecule has 6 nitrogen and oxygen atoms in total. The topological polar surface area (TPSA) is 103 Å². The maximum absolute atomic E-state index is 13.3. The predicted octanol–water partition coefficient (Wildman–Crippen LogP) is 4.15. The molecule has 0 spiro atoms. The highest BCUT2D eigenvalue weighted by atomic mass is 19.4. The van der Waals surface area contributed by atoms with Gasteiger partial charge >= 0.3 is 12.1 Å². The molecule has 0 aliphatic rings. The summed E-state index contributed by atoms with van der Waals surface area (Å²) in [5.74, 6) is 3.33. The number of phenolic OH excluding ortho intramolecular Hbond substituents is 1. The third kappa shape index (κ3) is 5.49. The minimum atomic E-state index is -4.71. The number of hydrogen-bond acceptors (Lipinski definition) is 5. The van der Waals surface area contributed by atoms with Crippen LogP contribution in [-0.4, -0.2) is 28.6 Å². The maximum atomic E-state index is 13.3. The number of nitrogens with two attached hydrogens (primary N) is 1. The highest BCUT2D eigenvalue weighted by Gasteiger charge is 2.33. The van der Waals surface area contributed by atoms with Gasteiger partial charge in [-0.15, -0.1) is 0 Å².